The van der Waals surface area contributed by atoms with Gasteiger partial charge in [0.1, 0.15) is 0 Å². The van der Waals surface area contributed by atoms with Gasteiger partial charge in [0.15, 0.2) is 0 Å². The van der Waals surface area contributed by atoms with Gasteiger partial charge in [0, 0.05) is 10.9 Å². The first-order chi connectivity index (χ1) is 10.3. The smallest absolute Gasteiger partial charge is 0.0417 e. The molecule has 0 aliphatic carbocycles. The Kier molecular flexibility index (Phi) is 10.9. The monoisotopic (exact) mass is 309 g/mol. The van der Waals surface area contributed by atoms with Gasteiger partial charge in [-0.05, 0) is 42.8 Å². The first-order valence-corrected chi connectivity index (χ1v) is 10.0. The minimum atomic E-state index is 0.593. The first kappa shape index (κ1) is 18.7. The van der Waals surface area contributed by atoms with Crippen molar-refractivity contribution in [3.8, 4) is 0 Å². The molecule has 0 aliphatic heterocycles. The molecule has 1 N–H and O–H groups in total. The summed E-state index contributed by atoms with van der Waals surface area (Å²) >= 11 is 1.95. The lowest BCUT2D eigenvalue weighted by Gasteiger charge is -2.19. The van der Waals surface area contributed by atoms with E-state index in [0.717, 1.165) is 6.54 Å². The summed E-state index contributed by atoms with van der Waals surface area (Å²) in [5.74, 6) is 0. The van der Waals surface area contributed by atoms with Gasteiger partial charge in [-0.1, -0.05) is 65.7 Å². The van der Waals surface area contributed by atoms with Crippen molar-refractivity contribution in [1.82, 2.24) is 5.32 Å². The molecule has 0 amide bonds. The number of unbranched alkanes of at least 4 members (excludes halogenated alkanes) is 6. The zero-order chi connectivity index (χ0) is 15.3. The minimum absolute atomic E-state index is 0.593. The van der Waals surface area contributed by atoms with Crippen molar-refractivity contribution < 1.29 is 0 Å². The van der Waals surface area contributed by atoms with E-state index in [0.29, 0.717) is 6.04 Å². The third kappa shape index (κ3) is 7.46. The summed E-state index contributed by atoms with van der Waals surface area (Å²) in [6.07, 6.45) is 13.5. The minimum Gasteiger partial charge on any atom is -0.309 e. The van der Waals surface area contributed by atoms with Gasteiger partial charge in [0.2, 0.25) is 0 Å². The summed E-state index contributed by atoms with van der Waals surface area (Å²) in [6.45, 7) is 7.96. The van der Waals surface area contributed by atoms with Crippen LogP contribution in [-0.2, 0) is 6.42 Å². The molecule has 1 rings (SSSR count). The van der Waals surface area contributed by atoms with Crippen LogP contribution in [0.15, 0.2) is 11.4 Å². The lowest BCUT2D eigenvalue weighted by Crippen LogP contribution is -2.22. The number of hydrogen-bond acceptors (Lipinski definition) is 2. The Morgan fingerprint density at radius 1 is 0.952 bits per heavy atom. The van der Waals surface area contributed by atoms with Crippen LogP contribution >= 0.6 is 11.3 Å². The predicted octanol–water partition coefficient (Wildman–Crippen LogP) is 6.49. The lowest BCUT2D eigenvalue weighted by atomic mass is 10.0. The van der Waals surface area contributed by atoms with Crippen LogP contribution in [-0.4, -0.2) is 6.54 Å². The van der Waals surface area contributed by atoms with Crippen LogP contribution in [0, 0.1) is 0 Å². The maximum Gasteiger partial charge on any atom is 0.0417 e. The summed E-state index contributed by atoms with van der Waals surface area (Å²) < 4.78 is 0. The Hall–Kier alpha value is -0.340. The Morgan fingerprint density at radius 2 is 1.67 bits per heavy atom. The summed E-state index contributed by atoms with van der Waals surface area (Å²) in [5, 5.41) is 6.03. The highest BCUT2D eigenvalue weighted by molar-refractivity contribution is 7.10. The van der Waals surface area contributed by atoms with Crippen LogP contribution in [0.5, 0.6) is 0 Å². The Balaban J connectivity index is 2.33. The van der Waals surface area contributed by atoms with E-state index < -0.39 is 0 Å². The molecule has 0 saturated heterocycles. The summed E-state index contributed by atoms with van der Waals surface area (Å²) in [7, 11) is 0. The maximum absolute atomic E-state index is 3.77. The second-order valence-corrected chi connectivity index (χ2v) is 7.03. The molecule has 0 spiro atoms. The van der Waals surface area contributed by atoms with Gasteiger partial charge in [0.25, 0.3) is 0 Å². The van der Waals surface area contributed by atoms with Crippen molar-refractivity contribution in [3.63, 3.8) is 0 Å². The molecule has 0 saturated carbocycles. The van der Waals surface area contributed by atoms with E-state index in [-0.39, 0.29) is 0 Å². The van der Waals surface area contributed by atoms with E-state index in [9.17, 15) is 0 Å². The zero-order valence-corrected chi connectivity index (χ0v) is 15.2. The average molecular weight is 310 g/mol. The Morgan fingerprint density at radius 3 is 2.33 bits per heavy atom. The molecular formula is C19H35NS. The quantitative estimate of drug-likeness (QED) is 0.410. The van der Waals surface area contributed by atoms with Gasteiger partial charge in [-0.15, -0.1) is 11.3 Å². The SMILES string of the molecule is CCCCCCCCCC(NCCC)c1sccc1CC. The average Bonchev–Trinajstić information content (AvgIpc) is 2.97. The van der Waals surface area contributed by atoms with E-state index in [1.807, 2.05) is 11.3 Å². The molecule has 0 aliphatic rings. The van der Waals surface area contributed by atoms with Gasteiger partial charge in [-0.2, -0.15) is 0 Å². The molecule has 1 aromatic rings. The molecule has 1 nitrogen and oxygen atoms in total. The van der Waals surface area contributed by atoms with Crippen molar-refractivity contribution >= 4 is 11.3 Å². The fraction of sp³-hybridized carbons (Fsp3) is 0.789. The van der Waals surface area contributed by atoms with Crippen molar-refractivity contribution in [2.75, 3.05) is 6.54 Å². The van der Waals surface area contributed by atoms with E-state index in [2.05, 4.69) is 37.5 Å². The molecule has 1 unspecified atom stereocenters. The largest absolute Gasteiger partial charge is 0.309 e. The second-order valence-electron chi connectivity index (χ2n) is 6.08. The molecule has 21 heavy (non-hydrogen) atoms. The van der Waals surface area contributed by atoms with Crippen LogP contribution in [0.2, 0.25) is 0 Å². The van der Waals surface area contributed by atoms with Gasteiger partial charge < -0.3 is 5.32 Å². The van der Waals surface area contributed by atoms with Crippen LogP contribution < -0.4 is 5.32 Å². The molecule has 0 bridgehead atoms. The summed E-state index contributed by atoms with van der Waals surface area (Å²) in [4.78, 5) is 1.59. The van der Waals surface area contributed by atoms with Crippen molar-refractivity contribution in [2.45, 2.75) is 91.0 Å². The number of aryl methyl sites for hydroxylation is 1. The molecular weight excluding hydrogens is 274 g/mol. The molecule has 122 valence electrons. The fourth-order valence-corrected chi connectivity index (χ4v) is 4.00. The summed E-state index contributed by atoms with van der Waals surface area (Å²) in [5.41, 5.74) is 1.55. The highest BCUT2D eigenvalue weighted by Crippen LogP contribution is 2.29. The topological polar surface area (TPSA) is 12.0 Å². The summed E-state index contributed by atoms with van der Waals surface area (Å²) in [6, 6.07) is 2.90. The third-order valence-corrected chi connectivity index (χ3v) is 5.29. The van der Waals surface area contributed by atoms with E-state index in [1.54, 1.807) is 10.4 Å². The first-order valence-electron chi connectivity index (χ1n) is 9.13. The highest BCUT2D eigenvalue weighted by Gasteiger charge is 2.15. The zero-order valence-electron chi connectivity index (χ0n) is 14.4. The van der Waals surface area contributed by atoms with E-state index in [1.165, 1.54) is 64.2 Å². The molecule has 0 radical (unpaired) electrons. The van der Waals surface area contributed by atoms with Gasteiger partial charge in [0.05, 0.1) is 0 Å². The number of hydrogen-bond donors (Lipinski definition) is 1. The Labute approximate surface area is 136 Å². The van der Waals surface area contributed by atoms with Crippen LogP contribution in [0.25, 0.3) is 0 Å². The Bertz CT molecular complexity index is 345. The molecule has 1 atom stereocenters. The second kappa shape index (κ2) is 12.2. The lowest BCUT2D eigenvalue weighted by molar-refractivity contribution is 0.469. The molecule has 0 aromatic carbocycles. The molecule has 1 aromatic heterocycles. The normalized spacial score (nSPS) is 12.7. The van der Waals surface area contributed by atoms with Crippen LogP contribution in [0.4, 0.5) is 0 Å². The van der Waals surface area contributed by atoms with Gasteiger partial charge in [-0.25, -0.2) is 0 Å². The molecule has 0 fully saturated rings. The maximum atomic E-state index is 3.77. The number of rotatable bonds is 13. The van der Waals surface area contributed by atoms with Gasteiger partial charge in [-0.3, -0.25) is 0 Å². The number of thiophene rings is 1. The van der Waals surface area contributed by atoms with Crippen LogP contribution in [0.1, 0.15) is 95.0 Å². The van der Waals surface area contributed by atoms with Crippen molar-refractivity contribution in [1.29, 1.82) is 0 Å². The van der Waals surface area contributed by atoms with Crippen LogP contribution in [0.3, 0.4) is 0 Å². The highest BCUT2D eigenvalue weighted by atomic mass is 32.1. The van der Waals surface area contributed by atoms with E-state index in [4.69, 9.17) is 0 Å². The van der Waals surface area contributed by atoms with E-state index >= 15 is 0 Å². The third-order valence-electron chi connectivity index (χ3n) is 4.22. The van der Waals surface area contributed by atoms with Crippen molar-refractivity contribution in [2.24, 2.45) is 0 Å². The van der Waals surface area contributed by atoms with Gasteiger partial charge >= 0.3 is 0 Å². The predicted molar refractivity (Wildman–Crippen MR) is 97.3 cm³/mol. The molecule has 1 heterocycles. The number of nitrogens with one attached hydrogen (secondary N) is 1. The molecule has 2 heteroatoms. The fourth-order valence-electron chi connectivity index (χ4n) is 2.90. The standard InChI is InChI=1S/C19H35NS/c1-4-7-8-9-10-11-12-13-18(20-15-5-2)19-17(6-3)14-16-21-19/h14,16,18,20H,4-13,15H2,1-3H3. The van der Waals surface area contributed by atoms with Crippen molar-refractivity contribution in [3.05, 3.63) is 21.9 Å².